The minimum absolute atomic E-state index is 0.219. The molecule has 3 rings (SSSR count). The minimum Gasteiger partial charge on any atom is -0.306 e. The van der Waals surface area contributed by atoms with Gasteiger partial charge in [0.05, 0.1) is 10.0 Å². The molecule has 2 aliphatic rings. The first-order valence-electron chi connectivity index (χ1n) is 7.95. The van der Waals surface area contributed by atoms with E-state index in [9.17, 15) is 0 Å². The average molecular weight is 326 g/mol. The Balaban J connectivity index is 1.85. The van der Waals surface area contributed by atoms with Gasteiger partial charge in [-0.15, -0.1) is 0 Å². The van der Waals surface area contributed by atoms with Crippen LogP contribution in [0.4, 0.5) is 0 Å². The second-order valence-electron chi connectivity index (χ2n) is 7.88. The highest BCUT2D eigenvalue weighted by atomic mass is 35.5. The Kier molecular flexibility index (Phi) is 3.83. The molecule has 1 nitrogen and oxygen atoms in total. The third-order valence-electron chi connectivity index (χ3n) is 6.13. The number of benzene rings is 1. The predicted molar refractivity (Wildman–Crippen MR) is 91.0 cm³/mol. The van der Waals surface area contributed by atoms with Crippen molar-refractivity contribution >= 4 is 23.2 Å². The molecular weight excluding hydrogens is 301 g/mol. The van der Waals surface area contributed by atoms with Crippen LogP contribution in [0, 0.1) is 16.7 Å². The molecule has 0 aliphatic heterocycles. The fourth-order valence-electron chi connectivity index (χ4n) is 4.91. The summed E-state index contributed by atoms with van der Waals surface area (Å²) in [7, 11) is 0. The molecule has 4 atom stereocenters. The Bertz CT molecular complexity index is 549. The van der Waals surface area contributed by atoms with Gasteiger partial charge in [-0.3, -0.25) is 0 Å². The van der Waals surface area contributed by atoms with Gasteiger partial charge < -0.3 is 5.32 Å². The summed E-state index contributed by atoms with van der Waals surface area (Å²) in [5.74, 6) is 0.849. The van der Waals surface area contributed by atoms with E-state index in [1.165, 1.54) is 19.3 Å². The van der Waals surface area contributed by atoms with Gasteiger partial charge in [0.25, 0.3) is 0 Å². The van der Waals surface area contributed by atoms with Gasteiger partial charge >= 0.3 is 0 Å². The van der Waals surface area contributed by atoms with Gasteiger partial charge in [-0.05, 0) is 54.6 Å². The SMILES string of the molecule is CC(NC1C2(C)CCC(C2)C1(C)C)c1cccc(Cl)c1Cl. The van der Waals surface area contributed by atoms with E-state index in [1.54, 1.807) is 0 Å². The summed E-state index contributed by atoms with van der Waals surface area (Å²) in [6.45, 7) is 9.49. The van der Waals surface area contributed by atoms with Crippen LogP contribution in [0.2, 0.25) is 10.0 Å². The lowest BCUT2D eigenvalue weighted by molar-refractivity contribution is 0.100. The molecule has 0 aromatic heterocycles. The zero-order valence-corrected chi connectivity index (χ0v) is 14.9. The molecule has 2 bridgehead atoms. The molecule has 4 unspecified atom stereocenters. The third kappa shape index (κ3) is 2.42. The maximum atomic E-state index is 6.39. The Morgan fingerprint density at radius 1 is 1.24 bits per heavy atom. The topological polar surface area (TPSA) is 12.0 Å². The summed E-state index contributed by atoms with van der Waals surface area (Å²) in [6.07, 6.45) is 4.08. The van der Waals surface area contributed by atoms with Crippen LogP contribution >= 0.6 is 23.2 Å². The summed E-state index contributed by atoms with van der Waals surface area (Å²) >= 11 is 12.5. The van der Waals surface area contributed by atoms with Crippen molar-refractivity contribution in [2.24, 2.45) is 16.7 Å². The largest absolute Gasteiger partial charge is 0.306 e. The monoisotopic (exact) mass is 325 g/mol. The minimum atomic E-state index is 0.219. The smallest absolute Gasteiger partial charge is 0.0639 e. The van der Waals surface area contributed by atoms with Crippen molar-refractivity contribution in [1.29, 1.82) is 0 Å². The molecule has 1 N–H and O–H groups in total. The number of rotatable bonds is 3. The number of fused-ring (bicyclic) bond motifs is 2. The van der Waals surface area contributed by atoms with Crippen LogP contribution < -0.4 is 5.32 Å². The van der Waals surface area contributed by atoms with Crippen LogP contribution in [-0.4, -0.2) is 6.04 Å². The highest BCUT2D eigenvalue weighted by Crippen LogP contribution is 2.62. The Labute approximate surface area is 138 Å². The van der Waals surface area contributed by atoms with Gasteiger partial charge in [0.2, 0.25) is 0 Å². The lowest BCUT2D eigenvalue weighted by Crippen LogP contribution is -2.51. The van der Waals surface area contributed by atoms with E-state index in [2.05, 4.69) is 39.1 Å². The Hall–Kier alpha value is -0.240. The van der Waals surface area contributed by atoms with E-state index in [0.29, 0.717) is 26.9 Å². The fraction of sp³-hybridized carbons (Fsp3) is 0.667. The van der Waals surface area contributed by atoms with Crippen molar-refractivity contribution < 1.29 is 0 Å². The number of hydrogen-bond donors (Lipinski definition) is 1. The zero-order valence-electron chi connectivity index (χ0n) is 13.3. The maximum Gasteiger partial charge on any atom is 0.0639 e. The molecule has 0 saturated heterocycles. The molecule has 0 amide bonds. The molecule has 21 heavy (non-hydrogen) atoms. The first-order valence-corrected chi connectivity index (χ1v) is 8.71. The average Bonchev–Trinajstić information content (AvgIpc) is 2.89. The van der Waals surface area contributed by atoms with E-state index >= 15 is 0 Å². The van der Waals surface area contributed by atoms with Crippen molar-refractivity contribution in [1.82, 2.24) is 5.32 Å². The second kappa shape index (κ2) is 5.15. The highest BCUT2D eigenvalue weighted by molar-refractivity contribution is 6.42. The molecule has 116 valence electrons. The summed E-state index contributed by atoms with van der Waals surface area (Å²) in [6, 6.07) is 6.66. The molecule has 2 aliphatic carbocycles. The van der Waals surface area contributed by atoms with Crippen molar-refractivity contribution in [3.8, 4) is 0 Å². The van der Waals surface area contributed by atoms with Crippen LogP contribution in [0.5, 0.6) is 0 Å². The fourth-order valence-corrected chi connectivity index (χ4v) is 5.38. The quantitative estimate of drug-likeness (QED) is 0.733. The Morgan fingerprint density at radius 2 is 1.95 bits per heavy atom. The molecule has 1 aromatic rings. The van der Waals surface area contributed by atoms with Crippen molar-refractivity contribution in [3.63, 3.8) is 0 Å². The zero-order chi connectivity index (χ0) is 15.4. The van der Waals surface area contributed by atoms with Crippen molar-refractivity contribution in [2.45, 2.75) is 59.0 Å². The molecule has 1 aromatic carbocycles. The van der Waals surface area contributed by atoms with Gasteiger partial charge in [-0.25, -0.2) is 0 Å². The van der Waals surface area contributed by atoms with E-state index in [0.717, 1.165) is 11.5 Å². The van der Waals surface area contributed by atoms with E-state index in [4.69, 9.17) is 23.2 Å². The second-order valence-corrected chi connectivity index (χ2v) is 8.66. The van der Waals surface area contributed by atoms with Gasteiger partial charge in [0.1, 0.15) is 0 Å². The Morgan fingerprint density at radius 3 is 2.57 bits per heavy atom. The molecule has 2 fully saturated rings. The lowest BCUT2D eigenvalue weighted by atomic mass is 9.68. The molecule has 0 radical (unpaired) electrons. The van der Waals surface area contributed by atoms with Crippen LogP contribution in [0.3, 0.4) is 0 Å². The summed E-state index contributed by atoms with van der Waals surface area (Å²) in [5, 5.41) is 5.21. The number of halogens is 2. The summed E-state index contributed by atoms with van der Waals surface area (Å²) in [5.41, 5.74) is 1.88. The van der Waals surface area contributed by atoms with E-state index in [-0.39, 0.29) is 6.04 Å². The molecule has 0 heterocycles. The predicted octanol–water partition coefficient (Wildman–Crippen LogP) is 5.86. The number of hydrogen-bond acceptors (Lipinski definition) is 1. The van der Waals surface area contributed by atoms with Gasteiger partial charge in [-0.2, -0.15) is 0 Å². The van der Waals surface area contributed by atoms with Crippen LogP contribution in [-0.2, 0) is 0 Å². The standard InChI is InChI=1S/C18H25Cl2N/c1-11(13-6-5-7-14(19)15(13)20)21-16-17(2,3)12-8-9-18(16,4)10-12/h5-7,11-12,16,21H,8-10H2,1-4H3. The molecule has 2 saturated carbocycles. The molecule has 0 spiro atoms. The van der Waals surface area contributed by atoms with Crippen molar-refractivity contribution in [2.75, 3.05) is 0 Å². The van der Waals surface area contributed by atoms with E-state index < -0.39 is 0 Å². The van der Waals surface area contributed by atoms with Crippen molar-refractivity contribution in [3.05, 3.63) is 33.8 Å². The summed E-state index contributed by atoms with van der Waals surface area (Å²) < 4.78 is 0. The highest BCUT2D eigenvalue weighted by Gasteiger charge is 2.59. The number of nitrogens with one attached hydrogen (secondary N) is 1. The third-order valence-corrected chi connectivity index (χ3v) is 6.97. The van der Waals surface area contributed by atoms with Crippen LogP contribution in [0.15, 0.2) is 18.2 Å². The van der Waals surface area contributed by atoms with Gasteiger partial charge in [-0.1, -0.05) is 56.1 Å². The maximum absolute atomic E-state index is 6.39. The van der Waals surface area contributed by atoms with Crippen LogP contribution in [0.1, 0.15) is 58.6 Å². The van der Waals surface area contributed by atoms with Gasteiger partial charge in [0, 0.05) is 12.1 Å². The van der Waals surface area contributed by atoms with Gasteiger partial charge in [0.15, 0.2) is 0 Å². The normalized spacial score (nSPS) is 35.1. The summed E-state index contributed by atoms with van der Waals surface area (Å²) in [4.78, 5) is 0. The molecular formula is C18H25Cl2N. The first-order chi connectivity index (χ1) is 9.75. The first kappa shape index (κ1) is 15.6. The molecule has 3 heteroatoms. The van der Waals surface area contributed by atoms with Crippen LogP contribution in [0.25, 0.3) is 0 Å². The lowest BCUT2D eigenvalue weighted by Gasteiger charge is -2.44. The van der Waals surface area contributed by atoms with E-state index in [1.807, 2.05) is 12.1 Å².